The van der Waals surface area contributed by atoms with Crippen LogP contribution < -0.4 is 10.5 Å². The summed E-state index contributed by atoms with van der Waals surface area (Å²) in [5, 5.41) is 10.9. The highest BCUT2D eigenvalue weighted by atomic mass is 32.2. The average molecular weight is 286 g/mol. The quantitative estimate of drug-likeness (QED) is 0.633. The van der Waals surface area contributed by atoms with Gasteiger partial charge in [0.1, 0.15) is 0 Å². The maximum atomic E-state index is 11.9. The second kappa shape index (κ2) is 6.12. The lowest BCUT2D eigenvalue weighted by molar-refractivity contribution is -0.385. The number of nitrogens with two attached hydrogens (primary N) is 1. The Balaban J connectivity index is 2.88. The Morgan fingerprint density at radius 1 is 1.47 bits per heavy atom. The zero-order valence-corrected chi connectivity index (χ0v) is 12.0. The topological polar surface area (TPSA) is 95.5 Å². The first-order valence-corrected chi connectivity index (χ1v) is 7.17. The smallest absolute Gasteiger partial charge is 0.311 e. The molecule has 0 spiro atoms. The first-order chi connectivity index (χ1) is 8.73. The second-order valence-corrected chi connectivity index (χ2v) is 6.44. The van der Waals surface area contributed by atoms with E-state index in [2.05, 4.69) is 0 Å². The Kier molecular flexibility index (Phi) is 5.02. The van der Waals surface area contributed by atoms with Gasteiger partial charge in [-0.3, -0.25) is 14.3 Å². The van der Waals surface area contributed by atoms with E-state index >= 15 is 0 Å². The first-order valence-electron chi connectivity index (χ1n) is 5.68. The van der Waals surface area contributed by atoms with E-state index in [0.717, 1.165) is 0 Å². The van der Waals surface area contributed by atoms with Gasteiger partial charge in [-0.2, -0.15) is 0 Å². The largest absolute Gasteiger partial charge is 0.490 e. The molecule has 19 heavy (non-hydrogen) atoms. The molecular formula is C12H18N2O4S. The molecule has 6 nitrogen and oxygen atoms in total. The number of nitro benzene ring substituents is 1. The molecule has 0 aliphatic carbocycles. The van der Waals surface area contributed by atoms with E-state index in [4.69, 9.17) is 10.5 Å². The van der Waals surface area contributed by atoms with Gasteiger partial charge >= 0.3 is 5.69 Å². The number of rotatable bonds is 6. The van der Waals surface area contributed by atoms with Crippen molar-refractivity contribution in [3.63, 3.8) is 0 Å². The second-order valence-electron chi connectivity index (χ2n) is 4.98. The molecule has 0 aliphatic rings. The summed E-state index contributed by atoms with van der Waals surface area (Å²) in [7, 11) is 0.213. The van der Waals surface area contributed by atoms with E-state index in [1.54, 1.807) is 19.9 Å². The minimum Gasteiger partial charge on any atom is -0.490 e. The van der Waals surface area contributed by atoms with E-state index in [1.807, 2.05) is 0 Å². The number of benzene rings is 1. The lowest BCUT2D eigenvalue weighted by Gasteiger charge is -2.17. The normalized spacial score (nSPS) is 13.1. The molecule has 1 aromatic carbocycles. The number of nitro groups is 1. The Bertz CT molecular complexity index is 497. The molecule has 1 rings (SSSR count). The van der Waals surface area contributed by atoms with Crippen LogP contribution in [0.25, 0.3) is 0 Å². The maximum absolute atomic E-state index is 11.9. The highest BCUT2D eigenvalue weighted by Gasteiger charge is 2.18. The molecule has 0 bridgehead atoms. The van der Waals surface area contributed by atoms with Gasteiger partial charge in [-0.05, 0) is 25.5 Å². The fourth-order valence-electron chi connectivity index (χ4n) is 1.62. The molecule has 0 radical (unpaired) electrons. The van der Waals surface area contributed by atoms with Crippen LogP contribution in [0.15, 0.2) is 18.2 Å². The van der Waals surface area contributed by atoms with Gasteiger partial charge < -0.3 is 10.5 Å². The summed E-state index contributed by atoms with van der Waals surface area (Å²) < 4.78 is 16.8. The highest BCUT2D eigenvalue weighted by Crippen LogP contribution is 2.28. The molecular weight excluding hydrogens is 268 g/mol. The third-order valence-electron chi connectivity index (χ3n) is 2.30. The monoisotopic (exact) mass is 286 g/mol. The molecule has 0 saturated carbocycles. The third-order valence-corrected chi connectivity index (χ3v) is 4.02. The van der Waals surface area contributed by atoms with Crippen molar-refractivity contribution in [3.8, 4) is 5.75 Å². The van der Waals surface area contributed by atoms with Crippen molar-refractivity contribution in [1.82, 2.24) is 0 Å². The summed E-state index contributed by atoms with van der Waals surface area (Å²) in [6.07, 6.45) is 0. The van der Waals surface area contributed by atoms with Gasteiger partial charge in [0, 0.05) is 33.9 Å². The summed E-state index contributed by atoms with van der Waals surface area (Å²) in [6.45, 7) is 3.59. The van der Waals surface area contributed by atoms with Gasteiger partial charge in [0.05, 0.1) is 12.0 Å². The molecule has 0 fully saturated rings. The van der Waals surface area contributed by atoms with Crippen LogP contribution in [-0.4, -0.2) is 27.5 Å². The van der Waals surface area contributed by atoms with Crippen molar-refractivity contribution >= 4 is 16.5 Å². The number of ether oxygens (including phenoxy) is 1. The Morgan fingerprint density at radius 3 is 2.58 bits per heavy atom. The maximum Gasteiger partial charge on any atom is 0.311 e. The van der Waals surface area contributed by atoms with Gasteiger partial charge in [-0.1, -0.05) is 6.07 Å². The molecule has 106 valence electrons. The van der Waals surface area contributed by atoms with E-state index < -0.39 is 21.3 Å². The van der Waals surface area contributed by atoms with Crippen LogP contribution in [-0.2, 0) is 16.6 Å². The van der Waals surface area contributed by atoms with Gasteiger partial charge in [-0.25, -0.2) is 0 Å². The zero-order valence-electron chi connectivity index (χ0n) is 11.2. The van der Waals surface area contributed by atoms with Crippen LogP contribution in [0.1, 0.15) is 19.4 Å². The van der Waals surface area contributed by atoms with Crippen molar-refractivity contribution in [2.45, 2.75) is 25.1 Å². The molecule has 1 aromatic rings. The summed E-state index contributed by atoms with van der Waals surface area (Å²) >= 11 is 0. The van der Waals surface area contributed by atoms with E-state index in [1.165, 1.54) is 19.2 Å². The first kappa shape index (κ1) is 15.6. The van der Waals surface area contributed by atoms with Gasteiger partial charge in [0.2, 0.25) is 0 Å². The Labute approximate surface area is 114 Å². The number of nitrogens with zero attached hydrogens (tertiary/aromatic N) is 1. The summed E-state index contributed by atoms with van der Waals surface area (Å²) in [5.74, 6) is 0.775. The van der Waals surface area contributed by atoms with Gasteiger partial charge in [0.25, 0.3) is 0 Å². The Hall–Kier alpha value is -1.47. The van der Waals surface area contributed by atoms with Crippen LogP contribution in [0.5, 0.6) is 5.75 Å². The lowest BCUT2D eigenvalue weighted by atomic mass is 10.1. The number of methoxy groups -OCH3 is 1. The molecule has 7 heteroatoms. The molecule has 0 heterocycles. The fraction of sp³-hybridized carbons (Fsp3) is 0.500. The predicted octanol–water partition coefficient (Wildman–Crippen LogP) is 1.59. The van der Waals surface area contributed by atoms with Crippen LogP contribution in [0.4, 0.5) is 5.69 Å². The van der Waals surface area contributed by atoms with Crippen molar-refractivity contribution in [3.05, 3.63) is 33.9 Å². The average Bonchev–Trinajstić information content (AvgIpc) is 2.26. The van der Waals surface area contributed by atoms with Gasteiger partial charge in [0.15, 0.2) is 5.75 Å². The minimum absolute atomic E-state index is 0.121. The van der Waals surface area contributed by atoms with Gasteiger partial charge in [-0.15, -0.1) is 0 Å². The highest BCUT2D eigenvalue weighted by molar-refractivity contribution is 7.84. The van der Waals surface area contributed by atoms with Crippen LogP contribution in [0.3, 0.4) is 0 Å². The number of hydrogen-bond donors (Lipinski definition) is 1. The van der Waals surface area contributed by atoms with Crippen molar-refractivity contribution in [2.24, 2.45) is 5.73 Å². The fourth-order valence-corrected chi connectivity index (χ4v) is 3.10. The SMILES string of the molecule is COc1ccc(CS(=O)CC(C)(C)N)cc1[N+](=O)[O-]. The molecule has 1 atom stereocenters. The summed E-state index contributed by atoms with van der Waals surface area (Å²) in [4.78, 5) is 10.4. The number of hydrogen-bond acceptors (Lipinski definition) is 5. The van der Waals surface area contributed by atoms with Crippen LogP contribution >= 0.6 is 0 Å². The summed E-state index contributed by atoms with van der Waals surface area (Å²) in [6, 6.07) is 4.58. The predicted molar refractivity (Wildman–Crippen MR) is 74.6 cm³/mol. The molecule has 0 aromatic heterocycles. The third kappa shape index (κ3) is 4.96. The van der Waals surface area contributed by atoms with E-state index in [9.17, 15) is 14.3 Å². The van der Waals surface area contributed by atoms with Crippen LogP contribution in [0.2, 0.25) is 0 Å². The molecule has 1 unspecified atom stereocenters. The van der Waals surface area contributed by atoms with Crippen molar-refractivity contribution < 1.29 is 13.9 Å². The van der Waals surface area contributed by atoms with Crippen molar-refractivity contribution in [1.29, 1.82) is 0 Å². The van der Waals surface area contributed by atoms with E-state index in [-0.39, 0.29) is 17.2 Å². The molecule has 0 saturated heterocycles. The summed E-state index contributed by atoms with van der Waals surface area (Å²) in [5.41, 5.74) is 5.78. The molecule has 2 N–H and O–H groups in total. The Morgan fingerprint density at radius 2 is 2.11 bits per heavy atom. The lowest BCUT2D eigenvalue weighted by Crippen LogP contribution is -2.38. The standard InChI is InChI=1S/C12H18N2O4S/c1-12(2,13)8-19(17)7-9-4-5-11(18-3)10(6-9)14(15)16/h4-6H,7-8,13H2,1-3H3. The molecule has 0 aliphatic heterocycles. The molecule has 0 amide bonds. The zero-order chi connectivity index (χ0) is 14.6. The van der Waals surface area contributed by atoms with Crippen LogP contribution in [0, 0.1) is 10.1 Å². The van der Waals surface area contributed by atoms with E-state index in [0.29, 0.717) is 11.3 Å². The van der Waals surface area contributed by atoms with Crippen molar-refractivity contribution in [2.75, 3.05) is 12.9 Å². The minimum atomic E-state index is -1.16.